The monoisotopic (exact) mass is 542 g/mol. The summed E-state index contributed by atoms with van der Waals surface area (Å²) in [5.41, 5.74) is 5.59. The van der Waals surface area contributed by atoms with E-state index in [0.717, 1.165) is 56.6 Å². The van der Waals surface area contributed by atoms with Crippen molar-refractivity contribution in [2.75, 3.05) is 29.9 Å². The van der Waals surface area contributed by atoms with Gasteiger partial charge in [-0.25, -0.2) is 0 Å². The predicted molar refractivity (Wildman–Crippen MR) is 146 cm³/mol. The third kappa shape index (κ3) is 6.19. The Morgan fingerprint density at radius 3 is 2.53 bits per heavy atom. The van der Waals surface area contributed by atoms with E-state index in [1.54, 1.807) is 0 Å². The molecule has 0 saturated carbocycles. The summed E-state index contributed by atoms with van der Waals surface area (Å²) in [6.07, 6.45) is 3.78. The minimum absolute atomic E-state index is 0.491. The summed E-state index contributed by atoms with van der Waals surface area (Å²) < 4.78 is 13.0. The highest BCUT2D eigenvalue weighted by Gasteiger charge is 2.15. The van der Waals surface area contributed by atoms with Crippen molar-refractivity contribution in [2.45, 2.75) is 46.3 Å². The summed E-state index contributed by atoms with van der Waals surface area (Å²) in [5.74, 6) is 1.46. The van der Waals surface area contributed by atoms with Gasteiger partial charge >= 0.3 is 0 Å². The average Bonchev–Trinajstić information content (AvgIpc) is 2.84. The van der Waals surface area contributed by atoms with Crippen LogP contribution in [-0.4, -0.2) is 19.7 Å². The maximum absolute atomic E-state index is 6.63. The smallest absolute Gasteiger partial charge is 0.175 e. The summed E-state index contributed by atoms with van der Waals surface area (Å²) in [5, 5.41) is 4.29. The first-order chi connectivity index (χ1) is 16.5. The van der Waals surface area contributed by atoms with Crippen molar-refractivity contribution in [3.05, 3.63) is 80.8 Å². The average molecular weight is 544 g/mol. The number of halogens is 2. The Bertz CT molecular complexity index is 1120. The summed E-state index contributed by atoms with van der Waals surface area (Å²) in [4.78, 5) is 2.39. The number of anilines is 2. The number of nitrogens with one attached hydrogen (secondary N) is 1. The third-order valence-corrected chi connectivity index (χ3v) is 7.04. The number of nitrogens with zero attached hydrogens (tertiary/aromatic N) is 1. The molecule has 0 amide bonds. The molecule has 0 bridgehead atoms. The largest absolute Gasteiger partial charge is 0.490 e. The molecule has 180 valence electrons. The molecule has 4 nitrogen and oxygen atoms in total. The van der Waals surface area contributed by atoms with Crippen LogP contribution in [0.15, 0.2) is 59.1 Å². The lowest BCUT2D eigenvalue weighted by atomic mass is 10.1. The lowest BCUT2D eigenvalue weighted by Crippen LogP contribution is -2.29. The number of hydrogen-bond acceptors (Lipinski definition) is 4. The predicted octanol–water partition coefficient (Wildman–Crippen LogP) is 7.99. The Morgan fingerprint density at radius 1 is 1.00 bits per heavy atom. The molecule has 0 unspecified atom stereocenters. The molecule has 1 saturated heterocycles. The molecule has 1 fully saturated rings. The standard InChI is InChI=1S/C28H32BrClN2O2/c1-3-33-27-16-21(15-24(29)28(27)34-19-22-10-6-5-9-20(22)2)18-31-23-11-12-26(25(30)17-23)32-13-7-4-8-14-32/h5-6,9-12,15-17,31H,3-4,7-8,13-14,18-19H2,1-2H3. The highest BCUT2D eigenvalue weighted by atomic mass is 79.9. The fraction of sp³-hybridized carbons (Fsp3) is 0.357. The zero-order valence-electron chi connectivity index (χ0n) is 19.9. The molecule has 1 N–H and O–H groups in total. The van der Waals surface area contributed by atoms with E-state index in [-0.39, 0.29) is 0 Å². The molecular formula is C28H32BrClN2O2. The fourth-order valence-electron chi connectivity index (χ4n) is 4.26. The van der Waals surface area contributed by atoms with Crippen LogP contribution in [0, 0.1) is 6.92 Å². The van der Waals surface area contributed by atoms with Gasteiger partial charge in [0.1, 0.15) is 6.61 Å². The summed E-state index contributed by atoms with van der Waals surface area (Å²) in [7, 11) is 0. The van der Waals surface area contributed by atoms with E-state index in [9.17, 15) is 0 Å². The fourth-order valence-corrected chi connectivity index (χ4v) is 5.16. The molecular weight excluding hydrogens is 512 g/mol. The van der Waals surface area contributed by atoms with E-state index in [0.29, 0.717) is 19.8 Å². The van der Waals surface area contributed by atoms with Gasteiger partial charge in [0.2, 0.25) is 0 Å². The number of ether oxygens (including phenoxy) is 2. The van der Waals surface area contributed by atoms with Gasteiger partial charge in [0.15, 0.2) is 11.5 Å². The van der Waals surface area contributed by atoms with Crippen LogP contribution in [0.3, 0.4) is 0 Å². The number of piperidine rings is 1. The highest BCUT2D eigenvalue weighted by molar-refractivity contribution is 9.10. The van der Waals surface area contributed by atoms with Crippen LogP contribution < -0.4 is 19.7 Å². The normalized spacial score (nSPS) is 13.6. The third-order valence-electron chi connectivity index (χ3n) is 6.14. The van der Waals surface area contributed by atoms with Crippen molar-refractivity contribution < 1.29 is 9.47 Å². The van der Waals surface area contributed by atoms with Gasteiger partial charge in [-0.2, -0.15) is 0 Å². The summed E-state index contributed by atoms with van der Waals surface area (Å²) in [6.45, 7) is 7.95. The molecule has 34 heavy (non-hydrogen) atoms. The van der Waals surface area contributed by atoms with Crippen LogP contribution in [0.4, 0.5) is 11.4 Å². The van der Waals surface area contributed by atoms with E-state index in [1.807, 2.05) is 31.2 Å². The van der Waals surface area contributed by atoms with Crippen LogP contribution in [-0.2, 0) is 13.2 Å². The van der Waals surface area contributed by atoms with E-state index < -0.39 is 0 Å². The van der Waals surface area contributed by atoms with Crippen molar-refractivity contribution in [3.63, 3.8) is 0 Å². The maximum Gasteiger partial charge on any atom is 0.175 e. The molecule has 4 rings (SSSR count). The second-order valence-corrected chi connectivity index (χ2v) is 9.88. The van der Waals surface area contributed by atoms with Gasteiger partial charge in [-0.3, -0.25) is 0 Å². The Labute approximate surface area is 216 Å². The first-order valence-corrected chi connectivity index (χ1v) is 13.1. The number of rotatable bonds is 9. The molecule has 0 aromatic heterocycles. The van der Waals surface area contributed by atoms with Gasteiger partial charge in [0.05, 0.1) is 21.8 Å². The number of hydrogen-bond donors (Lipinski definition) is 1. The maximum atomic E-state index is 6.63. The molecule has 0 aliphatic carbocycles. The zero-order chi connectivity index (χ0) is 23.9. The zero-order valence-corrected chi connectivity index (χ0v) is 22.2. The van der Waals surface area contributed by atoms with Gasteiger partial charge in [-0.1, -0.05) is 35.9 Å². The lowest BCUT2D eigenvalue weighted by Gasteiger charge is -2.29. The first kappa shape index (κ1) is 24.7. The van der Waals surface area contributed by atoms with Gasteiger partial charge in [-0.15, -0.1) is 0 Å². The topological polar surface area (TPSA) is 33.7 Å². The summed E-state index contributed by atoms with van der Waals surface area (Å²) in [6, 6.07) is 18.6. The molecule has 1 heterocycles. The SMILES string of the molecule is CCOc1cc(CNc2ccc(N3CCCCC3)c(Cl)c2)cc(Br)c1OCc1ccccc1C. The van der Waals surface area contributed by atoms with Crippen molar-refractivity contribution in [1.29, 1.82) is 0 Å². The van der Waals surface area contributed by atoms with E-state index in [1.165, 1.54) is 24.8 Å². The van der Waals surface area contributed by atoms with Gasteiger partial charge in [0.25, 0.3) is 0 Å². The Kier molecular flexibility index (Phi) is 8.63. The highest BCUT2D eigenvalue weighted by Crippen LogP contribution is 2.38. The van der Waals surface area contributed by atoms with Gasteiger partial charge in [-0.05, 0) is 96.1 Å². The Balaban J connectivity index is 1.45. The van der Waals surface area contributed by atoms with E-state index >= 15 is 0 Å². The first-order valence-electron chi connectivity index (χ1n) is 12.0. The number of benzene rings is 3. The van der Waals surface area contributed by atoms with E-state index in [2.05, 4.69) is 63.4 Å². The van der Waals surface area contributed by atoms with Crippen molar-refractivity contribution in [2.24, 2.45) is 0 Å². The lowest BCUT2D eigenvalue weighted by molar-refractivity contribution is 0.267. The molecule has 6 heteroatoms. The van der Waals surface area contributed by atoms with Crippen molar-refractivity contribution in [3.8, 4) is 11.5 Å². The molecule has 1 aliphatic rings. The number of aryl methyl sites for hydroxylation is 1. The molecule has 3 aromatic carbocycles. The molecule has 3 aromatic rings. The van der Waals surface area contributed by atoms with Crippen LogP contribution in [0.2, 0.25) is 5.02 Å². The second kappa shape index (κ2) is 11.9. The minimum Gasteiger partial charge on any atom is -0.490 e. The van der Waals surface area contributed by atoms with Crippen LogP contribution in [0.1, 0.15) is 42.9 Å². The Hall–Kier alpha value is -2.37. The molecule has 0 radical (unpaired) electrons. The van der Waals surface area contributed by atoms with E-state index in [4.69, 9.17) is 21.1 Å². The van der Waals surface area contributed by atoms with Crippen LogP contribution in [0.5, 0.6) is 11.5 Å². The Morgan fingerprint density at radius 2 is 1.79 bits per heavy atom. The molecule has 0 spiro atoms. The van der Waals surface area contributed by atoms with Crippen LogP contribution >= 0.6 is 27.5 Å². The van der Waals surface area contributed by atoms with Crippen molar-refractivity contribution >= 4 is 38.9 Å². The molecule has 1 aliphatic heterocycles. The quantitative estimate of drug-likeness (QED) is 0.296. The summed E-state index contributed by atoms with van der Waals surface area (Å²) >= 11 is 10.3. The second-order valence-electron chi connectivity index (χ2n) is 8.62. The minimum atomic E-state index is 0.491. The van der Waals surface area contributed by atoms with Gasteiger partial charge in [0, 0.05) is 25.3 Å². The van der Waals surface area contributed by atoms with Crippen LogP contribution in [0.25, 0.3) is 0 Å². The molecule has 0 atom stereocenters. The van der Waals surface area contributed by atoms with Gasteiger partial charge < -0.3 is 19.7 Å². The van der Waals surface area contributed by atoms with Crippen molar-refractivity contribution in [1.82, 2.24) is 0 Å².